The lowest BCUT2D eigenvalue weighted by Gasteiger charge is -2.07. The number of rotatable bonds is 6. The fourth-order valence-corrected chi connectivity index (χ4v) is 2.66. The van der Waals surface area contributed by atoms with Gasteiger partial charge in [0.1, 0.15) is 0 Å². The Kier molecular flexibility index (Phi) is 5.83. The number of aromatic nitrogens is 2. The van der Waals surface area contributed by atoms with Gasteiger partial charge in [-0.1, -0.05) is 55.4 Å². The van der Waals surface area contributed by atoms with Gasteiger partial charge in [0, 0.05) is 41.3 Å². The van der Waals surface area contributed by atoms with E-state index in [4.69, 9.17) is 11.6 Å². The molecule has 1 N–H and O–H groups in total. The normalized spacial score (nSPS) is 11.0. The van der Waals surface area contributed by atoms with Crippen molar-refractivity contribution in [1.29, 1.82) is 0 Å². The summed E-state index contributed by atoms with van der Waals surface area (Å²) in [4.78, 5) is 8.74. The predicted octanol–water partition coefficient (Wildman–Crippen LogP) is 3.92. The Balaban J connectivity index is 1.89. The fraction of sp³-hybridized carbons (Fsp3) is 0.333. The maximum absolute atomic E-state index is 6.12. The zero-order valence-electron chi connectivity index (χ0n) is 11.6. The molecule has 0 aliphatic rings. The molecule has 5 heteroatoms. The third-order valence-electron chi connectivity index (χ3n) is 2.71. The highest BCUT2D eigenvalue weighted by molar-refractivity contribution is 7.98. The molecule has 3 nitrogen and oxygen atoms in total. The number of thioether (sulfide) groups is 1. The van der Waals surface area contributed by atoms with Crippen LogP contribution >= 0.6 is 23.4 Å². The van der Waals surface area contributed by atoms with Crippen molar-refractivity contribution in [1.82, 2.24) is 15.3 Å². The van der Waals surface area contributed by atoms with E-state index in [0.717, 1.165) is 33.6 Å². The number of nitrogens with one attached hydrogen (secondary N) is 1. The second-order valence-electron chi connectivity index (χ2n) is 4.79. The molecule has 0 bridgehead atoms. The molecule has 1 heterocycles. The topological polar surface area (TPSA) is 37.8 Å². The summed E-state index contributed by atoms with van der Waals surface area (Å²) in [6.45, 7) is 5.04. The van der Waals surface area contributed by atoms with Crippen molar-refractivity contribution in [2.45, 2.75) is 37.3 Å². The number of hydrogen-bond acceptors (Lipinski definition) is 4. The predicted molar refractivity (Wildman–Crippen MR) is 85.0 cm³/mol. The zero-order valence-corrected chi connectivity index (χ0v) is 13.2. The minimum Gasteiger partial charge on any atom is -0.310 e. The van der Waals surface area contributed by atoms with E-state index in [1.54, 1.807) is 11.8 Å². The molecule has 0 aliphatic heterocycles. The van der Waals surface area contributed by atoms with Crippen LogP contribution in [-0.4, -0.2) is 16.0 Å². The molecular weight excluding hydrogens is 290 g/mol. The zero-order chi connectivity index (χ0) is 14.4. The lowest BCUT2D eigenvalue weighted by atomic mass is 10.2. The van der Waals surface area contributed by atoms with Crippen LogP contribution < -0.4 is 5.32 Å². The summed E-state index contributed by atoms with van der Waals surface area (Å²) < 4.78 is 0. The molecule has 2 aromatic rings. The molecule has 0 saturated heterocycles. The van der Waals surface area contributed by atoms with E-state index in [2.05, 4.69) is 29.1 Å². The monoisotopic (exact) mass is 307 g/mol. The van der Waals surface area contributed by atoms with Crippen LogP contribution in [0.2, 0.25) is 5.02 Å². The summed E-state index contributed by atoms with van der Waals surface area (Å²) in [6, 6.07) is 8.31. The Bertz CT molecular complexity index is 543. The first kappa shape index (κ1) is 15.3. The molecular formula is C15H18ClN3S. The molecule has 1 aromatic carbocycles. The number of nitrogens with zero attached hydrogens (tertiary/aromatic N) is 2. The minimum absolute atomic E-state index is 0.462. The van der Waals surface area contributed by atoms with Gasteiger partial charge in [-0.05, 0) is 11.6 Å². The molecule has 0 radical (unpaired) electrons. The first-order chi connectivity index (χ1) is 9.65. The molecule has 106 valence electrons. The van der Waals surface area contributed by atoms with Crippen molar-refractivity contribution in [2.24, 2.45) is 0 Å². The molecule has 0 atom stereocenters. The van der Waals surface area contributed by atoms with Gasteiger partial charge in [-0.3, -0.25) is 0 Å². The summed E-state index contributed by atoms with van der Waals surface area (Å²) in [5, 5.41) is 4.91. The molecule has 0 saturated carbocycles. The maximum Gasteiger partial charge on any atom is 0.187 e. The van der Waals surface area contributed by atoms with E-state index in [9.17, 15) is 0 Å². The third-order valence-corrected chi connectivity index (χ3v) is 4.00. The van der Waals surface area contributed by atoms with E-state index >= 15 is 0 Å². The minimum atomic E-state index is 0.462. The van der Waals surface area contributed by atoms with Crippen LogP contribution in [0.4, 0.5) is 0 Å². The molecule has 0 spiro atoms. The average Bonchev–Trinajstić information content (AvgIpc) is 2.45. The van der Waals surface area contributed by atoms with Gasteiger partial charge in [0.05, 0.1) is 0 Å². The van der Waals surface area contributed by atoms with Crippen LogP contribution in [-0.2, 0) is 12.3 Å². The first-order valence-corrected chi connectivity index (χ1v) is 7.92. The maximum atomic E-state index is 6.12. The van der Waals surface area contributed by atoms with Crippen LogP contribution in [0, 0.1) is 0 Å². The SMILES string of the molecule is CC(C)NCc1cnc(SCc2ccccc2Cl)nc1. The van der Waals surface area contributed by atoms with Gasteiger partial charge < -0.3 is 5.32 Å². The van der Waals surface area contributed by atoms with Crippen LogP contribution in [0.3, 0.4) is 0 Å². The Morgan fingerprint density at radius 1 is 1.20 bits per heavy atom. The summed E-state index contributed by atoms with van der Waals surface area (Å²) in [5.41, 5.74) is 2.20. The van der Waals surface area contributed by atoms with Gasteiger partial charge in [0.2, 0.25) is 0 Å². The molecule has 1 aromatic heterocycles. The highest BCUT2D eigenvalue weighted by Gasteiger charge is 2.03. The van der Waals surface area contributed by atoms with Crippen LogP contribution in [0.15, 0.2) is 41.8 Å². The number of benzene rings is 1. The first-order valence-electron chi connectivity index (χ1n) is 6.55. The highest BCUT2D eigenvalue weighted by atomic mass is 35.5. The number of hydrogen-bond donors (Lipinski definition) is 1. The average molecular weight is 308 g/mol. The Morgan fingerprint density at radius 3 is 2.55 bits per heavy atom. The van der Waals surface area contributed by atoms with Crippen molar-refractivity contribution in [2.75, 3.05) is 0 Å². The second kappa shape index (κ2) is 7.62. The van der Waals surface area contributed by atoms with Crippen LogP contribution in [0.25, 0.3) is 0 Å². The van der Waals surface area contributed by atoms with Gasteiger partial charge >= 0.3 is 0 Å². The van der Waals surface area contributed by atoms with Crippen molar-refractivity contribution in [3.05, 3.63) is 52.8 Å². The van der Waals surface area contributed by atoms with Gasteiger partial charge in [-0.25, -0.2) is 9.97 Å². The van der Waals surface area contributed by atoms with E-state index < -0.39 is 0 Å². The summed E-state index contributed by atoms with van der Waals surface area (Å²) >= 11 is 7.72. The van der Waals surface area contributed by atoms with E-state index in [1.165, 1.54) is 0 Å². The molecule has 2 rings (SSSR count). The lowest BCUT2D eigenvalue weighted by Crippen LogP contribution is -2.21. The van der Waals surface area contributed by atoms with Gasteiger partial charge in [0.15, 0.2) is 5.16 Å². The molecule has 0 unspecified atom stereocenters. The largest absolute Gasteiger partial charge is 0.310 e. The molecule has 20 heavy (non-hydrogen) atoms. The standard InChI is InChI=1S/C15H18ClN3S/c1-11(2)17-7-12-8-18-15(19-9-12)20-10-13-5-3-4-6-14(13)16/h3-6,8-9,11,17H,7,10H2,1-2H3. The molecule has 0 aliphatic carbocycles. The third kappa shape index (κ3) is 4.78. The van der Waals surface area contributed by atoms with Crippen molar-refractivity contribution >= 4 is 23.4 Å². The summed E-state index contributed by atoms with van der Waals surface area (Å²) in [5.74, 6) is 0.781. The smallest absolute Gasteiger partial charge is 0.187 e. The number of halogens is 1. The summed E-state index contributed by atoms with van der Waals surface area (Å²) in [7, 11) is 0. The second-order valence-corrected chi connectivity index (χ2v) is 6.14. The Hall–Kier alpha value is -1.10. The van der Waals surface area contributed by atoms with E-state index in [0.29, 0.717) is 6.04 Å². The molecule has 0 amide bonds. The van der Waals surface area contributed by atoms with Crippen LogP contribution in [0.5, 0.6) is 0 Å². The Labute approximate surface area is 129 Å². The van der Waals surface area contributed by atoms with Gasteiger partial charge in [-0.15, -0.1) is 0 Å². The highest BCUT2D eigenvalue weighted by Crippen LogP contribution is 2.24. The Morgan fingerprint density at radius 2 is 1.90 bits per heavy atom. The van der Waals surface area contributed by atoms with Crippen molar-refractivity contribution in [3.8, 4) is 0 Å². The van der Waals surface area contributed by atoms with Crippen molar-refractivity contribution < 1.29 is 0 Å². The summed E-state index contributed by atoms with van der Waals surface area (Å²) in [6.07, 6.45) is 3.74. The molecule has 0 fully saturated rings. The van der Waals surface area contributed by atoms with E-state index in [-0.39, 0.29) is 0 Å². The van der Waals surface area contributed by atoms with Crippen LogP contribution in [0.1, 0.15) is 25.0 Å². The van der Waals surface area contributed by atoms with E-state index in [1.807, 2.05) is 36.7 Å². The quantitative estimate of drug-likeness (QED) is 0.648. The fourth-order valence-electron chi connectivity index (χ4n) is 1.59. The van der Waals surface area contributed by atoms with Crippen molar-refractivity contribution in [3.63, 3.8) is 0 Å². The lowest BCUT2D eigenvalue weighted by molar-refractivity contribution is 0.585. The van der Waals surface area contributed by atoms with Gasteiger partial charge in [-0.2, -0.15) is 0 Å². The van der Waals surface area contributed by atoms with Gasteiger partial charge in [0.25, 0.3) is 0 Å².